The molecule has 0 N–H and O–H groups in total. The van der Waals surface area contributed by atoms with Crippen molar-refractivity contribution in [3.63, 3.8) is 0 Å². The molecule has 0 bridgehead atoms. The number of hydrogen-bond donors (Lipinski definition) is 0. The van der Waals surface area contributed by atoms with Crippen molar-refractivity contribution in [3.05, 3.63) is 34.9 Å². The molecule has 0 saturated heterocycles. The molecule has 0 aromatic heterocycles. The molecule has 1 aromatic carbocycles. The second-order valence-electron chi connectivity index (χ2n) is 5.09. The van der Waals surface area contributed by atoms with Crippen LogP contribution in [-0.2, 0) is 9.53 Å². The Labute approximate surface area is 116 Å². The molecular formula is C17H22O2. The third kappa shape index (κ3) is 4.13. The van der Waals surface area contributed by atoms with E-state index < -0.39 is 5.97 Å². The number of rotatable bonds is 3. The van der Waals surface area contributed by atoms with E-state index in [2.05, 4.69) is 57.7 Å². The second-order valence-corrected chi connectivity index (χ2v) is 5.09. The molecule has 0 aliphatic carbocycles. The molecule has 0 aliphatic rings. The van der Waals surface area contributed by atoms with Gasteiger partial charge >= 0.3 is 5.97 Å². The Kier molecular flexibility index (Phi) is 5.63. The van der Waals surface area contributed by atoms with Gasteiger partial charge in [-0.05, 0) is 29.9 Å². The highest BCUT2D eigenvalue weighted by Crippen LogP contribution is 2.26. The molecule has 0 fully saturated rings. The van der Waals surface area contributed by atoms with E-state index in [-0.39, 0.29) is 0 Å². The van der Waals surface area contributed by atoms with Crippen molar-refractivity contribution in [3.8, 4) is 11.8 Å². The predicted octanol–water partition coefficient (Wildman–Crippen LogP) is 3.85. The van der Waals surface area contributed by atoms with Crippen molar-refractivity contribution in [1.82, 2.24) is 0 Å². The van der Waals surface area contributed by atoms with Crippen LogP contribution in [0.2, 0.25) is 0 Å². The molecular weight excluding hydrogens is 236 g/mol. The molecule has 1 rings (SSSR count). The maximum absolute atomic E-state index is 11.4. The standard InChI is InChI=1S/C17H22O2/c1-6-19-17(18)11-10-16-14(12(2)3)8-7-9-15(16)13(4)5/h7-9,12-13H,6H2,1-5H3. The van der Waals surface area contributed by atoms with Gasteiger partial charge in [0.15, 0.2) is 0 Å². The fourth-order valence-corrected chi connectivity index (χ4v) is 1.98. The van der Waals surface area contributed by atoms with E-state index in [4.69, 9.17) is 4.74 Å². The highest BCUT2D eigenvalue weighted by atomic mass is 16.5. The minimum atomic E-state index is -0.462. The number of carbonyl (C=O) groups is 1. The zero-order chi connectivity index (χ0) is 14.4. The third-order valence-electron chi connectivity index (χ3n) is 2.94. The molecule has 0 amide bonds. The van der Waals surface area contributed by atoms with Gasteiger partial charge in [-0.25, -0.2) is 4.79 Å². The summed E-state index contributed by atoms with van der Waals surface area (Å²) in [4.78, 5) is 11.4. The minimum Gasteiger partial charge on any atom is -0.456 e. The molecule has 0 atom stereocenters. The smallest absolute Gasteiger partial charge is 0.384 e. The molecule has 0 unspecified atom stereocenters. The third-order valence-corrected chi connectivity index (χ3v) is 2.94. The van der Waals surface area contributed by atoms with Gasteiger partial charge in [0, 0.05) is 11.5 Å². The van der Waals surface area contributed by atoms with Crippen LogP contribution in [0.1, 0.15) is 63.1 Å². The van der Waals surface area contributed by atoms with Gasteiger partial charge in [0.1, 0.15) is 0 Å². The summed E-state index contributed by atoms with van der Waals surface area (Å²) in [5, 5.41) is 0. The summed E-state index contributed by atoms with van der Waals surface area (Å²) in [6.07, 6.45) is 0. The fourth-order valence-electron chi connectivity index (χ4n) is 1.98. The van der Waals surface area contributed by atoms with Crippen molar-refractivity contribution in [2.24, 2.45) is 0 Å². The zero-order valence-electron chi connectivity index (χ0n) is 12.4. The normalized spacial score (nSPS) is 10.3. The Balaban J connectivity index is 3.25. The van der Waals surface area contributed by atoms with Crippen molar-refractivity contribution in [1.29, 1.82) is 0 Å². The first-order chi connectivity index (χ1) is 8.97. The van der Waals surface area contributed by atoms with Gasteiger partial charge in [-0.2, -0.15) is 0 Å². The van der Waals surface area contributed by atoms with E-state index in [1.54, 1.807) is 6.92 Å². The number of ether oxygens (including phenoxy) is 1. The van der Waals surface area contributed by atoms with Crippen LogP contribution in [0.3, 0.4) is 0 Å². The summed E-state index contributed by atoms with van der Waals surface area (Å²) in [7, 11) is 0. The Hall–Kier alpha value is -1.75. The van der Waals surface area contributed by atoms with Crippen LogP contribution in [0.25, 0.3) is 0 Å². The van der Waals surface area contributed by atoms with Crippen LogP contribution >= 0.6 is 0 Å². The number of carbonyl (C=O) groups excluding carboxylic acids is 1. The first-order valence-corrected chi connectivity index (χ1v) is 6.78. The first kappa shape index (κ1) is 15.3. The van der Waals surface area contributed by atoms with E-state index >= 15 is 0 Å². The van der Waals surface area contributed by atoms with Gasteiger partial charge in [-0.3, -0.25) is 0 Å². The van der Waals surface area contributed by atoms with Gasteiger partial charge < -0.3 is 4.74 Å². The number of esters is 1. The molecule has 102 valence electrons. The summed E-state index contributed by atoms with van der Waals surface area (Å²) >= 11 is 0. The first-order valence-electron chi connectivity index (χ1n) is 6.78. The monoisotopic (exact) mass is 258 g/mol. The van der Waals surface area contributed by atoms with E-state index in [1.165, 1.54) is 11.1 Å². The van der Waals surface area contributed by atoms with Crippen LogP contribution in [0.5, 0.6) is 0 Å². The van der Waals surface area contributed by atoms with Crippen molar-refractivity contribution in [2.75, 3.05) is 6.61 Å². The van der Waals surface area contributed by atoms with Crippen LogP contribution < -0.4 is 0 Å². The lowest BCUT2D eigenvalue weighted by molar-refractivity contribution is -0.136. The summed E-state index contributed by atoms with van der Waals surface area (Å²) in [5.74, 6) is 5.88. The molecule has 2 heteroatoms. The maximum atomic E-state index is 11.4. The second kappa shape index (κ2) is 6.99. The quantitative estimate of drug-likeness (QED) is 0.608. The van der Waals surface area contributed by atoms with Crippen LogP contribution in [0, 0.1) is 11.8 Å². The molecule has 0 heterocycles. The Morgan fingerprint density at radius 1 is 1.16 bits per heavy atom. The van der Waals surface area contributed by atoms with E-state index in [0.717, 1.165) is 5.56 Å². The topological polar surface area (TPSA) is 26.3 Å². The molecule has 19 heavy (non-hydrogen) atoms. The molecule has 0 aliphatic heterocycles. The summed E-state index contributed by atoms with van der Waals surface area (Å²) in [5.41, 5.74) is 3.34. The maximum Gasteiger partial charge on any atom is 0.384 e. The Morgan fingerprint density at radius 2 is 1.68 bits per heavy atom. The zero-order valence-corrected chi connectivity index (χ0v) is 12.4. The van der Waals surface area contributed by atoms with Crippen molar-refractivity contribution < 1.29 is 9.53 Å². The molecule has 0 spiro atoms. The average Bonchev–Trinajstić information content (AvgIpc) is 2.35. The van der Waals surface area contributed by atoms with E-state index in [0.29, 0.717) is 18.4 Å². The summed E-state index contributed by atoms with van der Waals surface area (Å²) in [6, 6.07) is 6.21. The van der Waals surface area contributed by atoms with E-state index in [1.807, 2.05) is 0 Å². The van der Waals surface area contributed by atoms with Gasteiger partial charge in [-0.15, -0.1) is 0 Å². The minimum absolute atomic E-state index is 0.358. The van der Waals surface area contributed by atoms with Gasteiger partial charge in [0.25, 0.3) is 0 Å². The average molecular weight is 258 g/mol. The van der Waals surface area contributed by atoms with Gasteiger partial charge in [0.2, 0.25) is 0 Å². The van der Waals surface area contributed by atoms with Crippen LogP contribution in [0.4, 0.5) is 0 Å². The number of hydrogen-bond acceptors (Lipinski definition) is 2. The summed E-state index contributed by atoms with van der Waals surface area (Å²) < 4.78 is 4.85. The SMILES string of the molecule is CCOC(=O)C#Cc1c(C(C)C)cccc1C(C)C. The van der Waals surface area contributed by atoms with Gasteiger partial charge in [0.05, 0.1) is 6.61 Å². The highest BCUT2D eigenvalue weighted by molar-refractivity contribution is 5.89. The summed E-state index contributed by atoms with van der Waals surface area (Å²) in [6.45, 7) is 10.7. The van der Waals surface area contributed by atoms with Crippen molar-refractivity contribution >= 4 is 5.97 Å². The fraction of sp³-hybridized carbons (Fsp3) is 0.471. The van der Waals surface area contributed by atoms with Crippen molar-refractivity contribution in [2.45, 2.75) is 46.5 Å². The Bertz CT molecular complexity index is 475. The largest absolute Gasteiger partial charge is 0.456 e. The molecule has 1 aromatic rings. The lowest BCUT2D eigenvalue weighted by atomic mass is 9.89. The molecule has 0 radical (unpaired) electrons. The molecule has 0 saturated carbocycles. The lowest BCUT2D eigenvalue weighted by Crippen LogP contribution is -2.03. The van der Waals surface area contributed by atoms with E-state index in [9.17, 15) is 4.79 Å². The predicted molar refractivity (Wildman–Crippen MR) is 78.1 cm³/mol. The van der Waals surface area contributed by atoms with Crippen LogP contribution in [-0.4, -0.2) is 12.6 Å². The van der Waals surface area contributed by atoms with Crippen LogP contribution in [0.15, 0.2) is 18.2 Å². The lowest BCUT2D eigenvalue weighted by Gasteiger charge is -2.15. The number of benzene rings is 1. The highest BCUT2D eigenvalue weighted by Gasteiger charge is 2.12. The molecule has 2 nitrogen and oxygen atoms in total. The van der Waals surface area contributed by atoms with Gasteiger partial charge in [-0.1, -0.05) is 51.8 Å². The Morgan fingerprint density at radius 3 is 2.11 bits per heavy atom.